The first-order chi connectivity index (χ1) is 8.63. The fraction of sp³-hybridized carbons (Fsp3) is 0.500. The summed E-state index contributed by atoms with van der Waals surface area (Å²) in [6, 6.07) is 5.94. The van der Waals surface area contributed by atoms with E-state index < -0.39 is 0 Å². The number of rotatable bonds is 2. The van der Waals surface area contributed by atoms with Gasteiger partial charge in [-0.3, -0.25) is 4.79 Å². The lowest BCUT2D eigenvalue weighted by molar-refractivity contribution is 0.000795. The number of amides is 1. The van der Waals surface area contributed by atoms with Gasteiger partial charge in [0, 0.05) is 18.7 Å². The molecule has 1 aromatic carbocycles. The standard InChI is InChI=1S/C14H20N2O2/c1-10-3-4-11(2)13(7-10)14(17)16-5-6-18-9-12(16)8-15/h3-4,7,12H,5-6,8-9,15H2,1-2H3. The number of benzene rings is 1. The van der Waals surface area contributed by atoms with Gasteiger partial charge in [-0.1, -0.05) is 17.7 Å². The zero-order valence-electron chi connectivity index (χ0n) is 11.0. The van der Waals surface area contributed by atoms with E-state index in [1.54, 1.807) is 0 Å². The topological polar surface area (TPSA) is 55.6 Å². The maximum atomic E-state index is 12.6. The van der Waals surface area contributed by atoms with Crippen LogP contribution in [0.5, 0.6) is 0 Å². The van der Waals surface area contributed by atoms with Crippen LogP contribution < -0.4 is 5.73 Å². The summed E-state index contributed by atoms with van der Waals surface area (Å²) in [4.78, 5) is 14.4. The smallest absolute Gasteiger partial charge is 0.254 e. The molecule has 0 saturated carbocycles. The number of hydrogen-bond acceptors (Lipinski definition) is 3. The lowest BCUT2D eigenvalue weighted by atomic mass is 10.0. The van der Waals surface area contributed by atoms with Crippen molar-refractivity contribution in [2.45, 2.75) is 19.9 Å². The number of nitrogens with zero attached hydrogens (tertiary/aromatic N) is 1. The van der Waals surface area contributed by atoms with Gasteiger partial charge in [0.1, 0.15) is 0 Å². The molecule has 4 nitrogen and oxygen atoms in total. The van der Waals surface area contributed by atoms with Crippen molar-refractivity contribution in [3.05, 3.63) is 34.9 Å². The summed E-state index contributed by atoms with van der Waals surface area (Å²) >= 11 is 0. The Kier molecular flexibility index (Phi) is 3.99. The minimum absolute atomic E-state index is 0.00818. The largest absolute Gasteiger partial charge is 0.377 e. The minimum atomic E-state index is -0.00818. The molecule has 98 valence electrons. The second-order valence-electron chi connectivity index (χ2n) is 4.78. The van der Waals surface area contributed by atoms with Crippen LogP contribution in [0.2, 0.25) is 0 Å². The zero-order chi connectivity index (χ0) is 13.1. The molecule has 2 rings (SSSR count). The molecule has 4 heteroatoms. The zero-order valence-corrected chi connectivity index (χ0v) is 11.0. The average Bonchev–Trinajstić information content (AvgIpc) is 2.40. The molecule has 0 aromatic heterocycles. The molecule has 18 heavy (non-hydrogen) atoms. The number of hydrogen-bond donors (Lipinski definition) is 1. The van der Waals surface area contributed by atoms with E-state index in [4.69, 9.17) is 10.5 Å². The molecule has 0 bridgehead atoms. The first-order valence-corrected chi connectivity index (χ1v) is 6.29. The highest BCUT2D eigenvalue weighted by Crippen LogP contribution is 2.16. The van der Waals surface area contributed by atoms with Gasteiger partial charge in [0.05, 0.1) is 19.3 Å². The Hall–Kier alpha value is -1.39. The Morgan fingerprint density at radius 2 is 2.28 bits per heavy atom. The van der Waals surface area contributed by atoms with Crippen molar-refractivity contribution < 1.29 is 9.53 Å². The van der Waals surface area contributed by atoms with E-state index in [0.717, 1.165) is 16.7 Å². The van der Waals surface area contributed by atoms with Crippen molar-refractivity contribution >= 4 is 5.91 Å². The molecule has 1 atom stereocenters. The summed E-state index contributed by atoms with van der Waals surface area (Å²) in [6.45, 7) is 6.14. The molecular formula is C14H20N2O2. The summed E-state index contributed by atoms with van der Waals surface area (Å²) < 4.78 is 5.37. The van der Waals surface area contributed by atoms with E-state index in [-0.39, 0.29) is 11.9 Å². The van der Waals surface area contributed by atoms with Crippen LogP contribution in [-0.4, -0.2) is 43.2 Å². The SMILES string of the molecule is Cc1ccc(C)c(C(=O)N2CCOCC2CN)c1. The van der Waals surface area contributed by atoms with Crippen LogP contribution in [0.1, 0.15) is 21.5 Å². The van der Waals surface area contributed by atoms with Gasteiger partial charge in [0.2, 0.25) is 0 Å². The second kappa shape index (κ2) is 5.50. The minimum Gasteiger partial charge on any atom is -0.377 e. The third-order valence-corrected chi connectivity index (χ3v) is 3.38. The van der Waals surface area contributed by atoms with Gasteiger partial charge >= 0.3 is 0 Å². The Morgan fingerprint density at radius 3 is 3.00 bits per heavy atom. The van der Waals surface area contributed by atoms with Crippen molar-refractivity contribution in [2.24, 2.45) is 5.73 Å². The molecule has 1 saturated heterocycles. The van der Waals surface area contributed by atoms with Crippen molar-refractivity contribution in [3.8, 4) is 0 Å². The number of morpholine rings is 1. The highest BCUT2D eigenvalue weighted by molar-refractivity contribution is 5.96. The monoisotopic (exact) mass is 248 g/mol. The fourth-order valence-electron chi connectivity index (χ4n) is 2.24. The van der Waals surface area contributed by atoms with E-state index in [1.165, 1.54) is 0 Å². The number of carbonyl (C=O) groups excluding carboxylic acids is 1. The van der Waals surface area contributed by atoms with Gasteiger partial charge in [0.15, 0.2) is 0 Å². The van der Waals surface area contributed by atoms with Gasteiger partial charge in [-0.2, -0.15) is 0 Å². The lowest BCUT2D eigenvalue weighted by Gasteiger charge is -2.35. The van der Waals surface area contributed by atoms with Crippen LogP contribution in [0.25, 0.3) is 0 Å². The molecule has 1 unspecified atom stereocenters. The van der Waals surface area contributed by atoms with E-state index in [1.807, 2.05) is 36.9 Å². The third kappa shape index (κ3) is 2.54. The van der Waals surface area contributed by atoms with E-state index >= 15 is 0 Å². The van der Waals surface area contributed by atoms with Crippen LogP contribution in [-0.2, 0) is 4.74 Å². The summed E-state index contributed by atoms with van der Waals surface area (Å²) in [5.41, 5.74) is 8.58. The van der Waals surface area contributed by atoms with Crippen molar-refractivity contribution in [2.75, 3.05) is 26.3 Å². The van der Waals surface area contributed by atoms with Crippen molar-refractivity contribution in [3.63, 3.8) is 0 Å². The highest BCUT2D eigenvalue weighted by Gasteiger charge is 2.27. The quantitative estimate of drug-likeness (QED) is 0.852. The van der Waals surface area contributed by atoms with Gasteiger partial charge in [-0.05, 0) is 25.5 Å². The fourth-order valence-corrected chi connectivity index (χ4v) is 2.24. The molecule has 1 aliphatic heterocycles. The normalized spacial score (nSPS) is 19.9. The van der Waals surface area contributed by atoms with Crippen LogP contribution >= 0.6 is 0 Å². The molecule has 0 aliphatic carbocycles. The summed E-state index contributed by atoms with van der Waals surface area (Å²) in [6.07, 6.45) is 0. The average molecular weight is 248 g/mol. The third-order valence-electron chi connectivity index (χ3n) is 3.38. The highest BCUT2D eigenvalue weighted by atomic mass is 16.5. The maximum absolute atomic E-state index is 12.6. The van der Waals surface area contributed by atoms with Crippen molar-refractivity contribution in [1.82, 2.24) is 4.90 Å². The molecule has 1 amide bonds. The van der Waals surface area contributed by atoms with Gasteiger partial charge in [-0.25, -0.2) is 0 Å². The Morgan fingerprint density at radius 1 is 1.50 bits per heavy atom. The molecule has 1 heterocycles. The molecule has 0 radical (unpaired) electrons. The molecule has 1 fully saturated rings. The predicted octanol–water partition coefficient (Wildman–Crippen LogP) is 1.10. The predicted molar refractivity (Wildman–Crippen MR) is 70.6 cm³/mol. The second-order valence-corrected chi connectivity index (χ2v) is 4.78. The molecule has 0 spiro atoms. The van der Waals surface area contributed by atoms with Crippen LogP contribution in [0.3, 0.4) is 0 Å². The van der Waals surface area contributed by atoms with E-state index in [0.29, 0.717) is 26.3 Å². The maximum Gasteiger partial charge on any atom is 0.254 e. The number of carbonyl (C=O) groups is 1. The number of nitrogens with two attached hydrogens (primary N) is 1. The molecular weight excluding hydrogens is 228 g/mol. The Balaban J connectivity index is 2.26. The van der Waals surface area contributed by atoms with Gasteiger partial charge < -0.3 is 15.4 Å². The summed E-state index contributed by atoms with van der Waals surface area (Å²) in [5.74, 6) is 0.0648. The first-order valence-electron chi connectivity index (χ1n) is 6.29. The molecule has 1 aromatic rings. The Labute approximate surface area is 108 Å². The molecule has 1 aliphatic rings. The van der Waals surface area contributed by atoms with Gasteiger partial charge in [0.25, 0.3) is 5.91 Å². The van der Waals surface area contributed by atoms with Crippen molar-refractivity contribution in [1.29, 1.82) is 0 Å². The Bertz CT molecular complexity index is 445. The molecule has 2 N–H and O–H groups in total. The van der Waals surface area contributed by atoms with E-state index in [9.17, 15) is 4.79 Å². The van der Waals surface area contributed by atoms with Crippen LogP contribution in [0.15, 0.2) is 18.2 Å². The summed E-state index contributed by atoms with van der Waals surface area (Å²) in [7, 11) is 0. The first kappa shape index (κ1) is 13.1. The lowest BCUT2D eigenvalue weighted by Crippen LogP contribution is -2.52. The summed E-state index contributed by atoms with van der Waals surface area (Å²) in [5, 5.41) is 0. The number of ether oxygens (including phenoxy) is 1. The van der Waals surface area contributed by atoms with Crippen LogP contribution in [0.4, 0.5) is 0 Å². The number of aryl methyl sites for hydroxylation is 2. The van der Waals surface area contributed by atoms with E-state index in [2.05, 4.69) is 0 Å². The van der Waals surface area contributed by atoms with Gasteiger partial charge in [-0.15, -0.1) is 0 Å². The van der Waals surface area contributed by atoms with Crippen LogP contribution in [0, 0.1) is 13.8 Å².